The number of hydrogen-bond acceptors (Lipinski definition) is 6. The van der Waals surface area contributed by atoms with Gasteiger partial charge >= 0.3 is 8.56 Å². The lowest BCUT2D eigenvalue weighted by atomic mass is 9.86. The molecule has 198 valence electrons. The van der Waals surface area contributed by atoms with Gasteiger partial charge in [-0.25, -0.2) is 0 Å². The number of nitrogens with one attached hydrogen (secondary N) is 1. The fourth-order valence-corrected chi connectivity index (χ4v) is 16.0. The van der Waals surface area contributed by atoms with Crippen LogP contribution in [0.25, 0.3) is 5.57 Å². The van der Waals surface area contributed by atoms with Gasteiger partial charge in [-0.1, -0.05) is 20.4 Å². The van der Waals surface area contributed by atoms with Crippen LogP contribution >= 0.6 is 0 Å². The summed E-state index contributed by atoms with van der Waals surface area (Å²) in [6.45, 7) is 23.4. The summed E-state index contributed by atoms with van der Waals surface area (Å²) in [6.07, 6.45) is 0.555. The van der Waals surface area contributed by atoms with E-state index < -0.39 is 31.1 Å². The highest BCUT2D eigenvalue weighted by Crippen LogP contribution is 2.50. The largest absolute Gasteiger partial charge is 0.493 e. The first-order valence-electron chi connectivity index (χ1n) is 12.1. The molecule has 10 heteroatoms. The van der Waals surface area contributed by atoms with Crippen LogP contribution in [-0.4, -0.2) is 51.9 Å². The minimum atomic E-state index is -2.79. The number of benzene rings is 1. The number of amides is 1. The van der Waals surface area contributed by atoms with Gasteiger partial charge in [0.15, 0.2) is 28.1 Å². The van der Waals surface area contributed by atoms with Crippen molar-refractivity contribution in [2.24, 2.45) is 0 Å². The molecule has 1 aromatic rings. The minimum absolute atomic E-state index is 0.0995. The van der Waals surface area contributed by atoms with Gasteiger partial charge in [0, 0.05) is 6.54 Å². The molecular weight excluding hydrogens is 505 g/mol. The first-order chi connectivity index (χ1) is 16.4. The quantitative estimate of drug-likeness (QED) is 0.232. The van der Waals surface area contributed by atoms with Crippen molar-refractivity contribution in [1.29, 1.82) is 5.26 Å². The summed E-state index contributed by atoms with van der Waals surface area (Å²) in [5, 5.41) is 13.7. The molecule has 0 unspecified atom stereocenters. The van der Waals surface area contributed by atoms with Gasteiger partial charge in [-0.3, -0.25) is 4.79 Å². The molecule has 0 saturated carbocycles. The molecule has 1 aliphatic carbocycles. The second kappa shape index (κ2) is 10.7. The summed E-state index contributed by atoms with van der Waals surface area (Å²) in [6, 6.07) is 5.95. The lowest BCUT2D eigenvalue weighted by molar-refractivity contribution is -0.116. The summed E-state index contributed by atoms with van der Waals surface area (Å²) in [7, 11) is -3.48. The van der Waals surface area contributed by atoms with Crippen molar-refractivity contribution in [2.75, 3.05) is 20.8 Å². The Kier molecular flexibility index (Phi) is 8.91. The normalized spacial score (nSPS) is 16.6. The topological polar surface area (TPSA) is 89.8 Å². The van der Waals surface area contributed by atoms with Crippen molar-refractivity contribution < 1.29 is 22.5 Å². The van der Waals surface area contributed by atoms with E-state index >= 15 is 0 Å². The summed E-state index contributed by atoms with van der Waals surface area (Å²) >= 11 is 0. The van der Waals surface area contributed by atoms with Crippen LogP contribution in [0.2, 0.25) is 45.8 Å². The molecule has 0 fully saturated rings. The number of ether oxygens (including phenoxy) is 2. The Hall–Kier alpha value is -2.17. The van der Waals surface area contributed by atoms with Gasteiger partial charge in [-0.2, -0.15) is 5.26 Å². The summed E-state index contributed by atoms with van der Waals surface area (Å²) in [5.41, 5.74) is 2.40. The Balaban J connectivity index is 2.39. The lowest BCUT2D eigenvalue weighted by Crippen LogP contribution is -2.55. The molecule has 1 amide bonds. The summed E-state index contributed by atoms with van der Waals surface area (Å²) in [5.74, 6) is 0.759. The number of allylic oxidation sites excluding steroid dienone is 1. The average Bonchev–Trinajstić information content (AvgIpc) is 2.98. The van der Waals surface area contributed by atoms with Crippen LogP contribution in [-0.2, 0) is 18.4 Å². The van der Waals surface area contributed by atoms with Crippen LogP contribution in [0.1, 0.15) is 31.4 Å². The first-order valence-corrected chi connectivity index (χ1v) is 21.3. The predicted octanol–water partition coefficient (Wildman–Crippen LogP) is 5.65. The van der Waals surface area contributed by atoms with Crippen LogP contribution < -0.4 is 14.8 Å². The molecule has 1 aliphatic rings. The van der Waals surface area contributed by atoms with E-state index in [9.17, 15) is 10.1 Å². The van der Waals surface area contributed by atoms with Crippen molar-refractivity contribution in [2.45, 2.75) is 71.5 Å². The molecule has 0 aliphatic heterocycles. The third-order valence-corrected chi connectivity index (χ3v) is 15.4. The predicted molar refractivity (Wildman–Crippen MR) is 152 cm³/mol. The number of fused-ring (bicyclic) bond motifs is 1. The van der Waals surface area contributed by atoms with Gasteiger partial charge in [0.1, 0.15) is 11.6 Å². The fourth-order valence-electron chi connectivity index (χ4n) is 4.57. The molecule has 0 saturated heterocycles. The standard InChI is InChI=1S/C26H42N2O5Si3/c1-18(36(12,32-34(6,7)8)33-35(9,10)11)17-28-25(29)21(16-27)20-15-26(2,3)22-14-24(31-5)23(30-4)13-19(20)22/h13-14H,1,15,17H2,2-12H3,(H,28,29). The highest BCUT2D eigenvalue weighted by molar-refractivity contribution is 6.91. The Morgan fingerprint density at radius 2 is 1.53 bits per heavy atom. The number of hydrogen-bond donors (Lipinski definition) is 1. The first kappa shape index (κ1) is 30.1. The van der Waals surface area contributed by atoms with E-state index in [1.807, 2.05) is 18.7 Å². The van der Waals surface area contributed by atoms with E-state index in [0.717, 1.165) is 16.3 Å². The van der Waals surface area contributed by atoms with Crippen molar-refractivity contribution >= 4 is 36.7 Å². The molecule has 0 spiro atoms. The molecule has 0 atom stereocenters. The maximum atomic E-state index is 13.3. The molecular formula is C26H42N2O5Si3. The van der Waals surface area contributed by atoms with Crippen LogP contribution in [0.15, 0.2) is 29.5 Å². The zero-order valence-corrected chi connectivity index (χ0v) is 26.8. The van der Waals surface area contributed by atoms with Gasteiger partial charge in [0.05, 0.1) is 14.2 Å². The van der Waals surface area contributed by atoms with Crippen LogP contribution in [0.5, 0.6) is 11.5 Å². The smallest absolute Gasteiger partial charge is 0.345 e. The van der Waals surface area contributed by atoms with Crippen molar-refractivity contribution in [3.63, 3.8) is 0 Å². The Bertz CT molecular complexity index is 1090. The van der Waals surface area contributed by atoms with E-state index in [4.69, 9.17) is 17.7 Å². The van der Waals surface area contributed by atoms with E-state index in [1.54, 1.807) is 14.2 Å². The van der Waals surface area contributed by atoms with E-state index in [1.165, 1.54) is 0 Å². The van der Waals surface area contributed by atoms with Gasteiger partial charge in [-0.05, 0) is 91.7 Å². The molecule has 36 heavy (non-hydrogen) atoms. The number of rotatable bonds is 10. The SMILES string of the molecule is C=C(CNC(=O)C(C#N)=C1CC(C)(C)c2cc(OC)c(OC)cc21)[Si](C)(O[Si](C)(C)C)O[Si](C)(C)C. The maximum absolute atomic E-state index is 13.3. The zero-order valence-electron chi connectivity index (χ0n) is 23.8. The highest BCUT2D eigenvalue weighted by atomic mass is 28.5. The monoisotopic (exact) mass is 546 g/mol. The van der Waals surface area contributed by atoms with Crippen molar-refractivity contribution in [3.8, 4) is 17.6 Å². The second-order valence-corrected chi connectivity index (χ2v) is 24.6. The van der Waals surface area contributed by atoms with Gasteiger partial charge in [0.2, 0.25) is 0 Å². The van der Waals surface area contributed by atoms with Crippen molar-refractivity contribution in [1.82, 2.24) is 5.32 Å². The third-order valence-electron chi connectivity index (χ3n) is 5.94. The van der Waals surface area contributed by atoms with Gasteiger partial charge in [0.25, 0.3) is 5.91 Å². The zero-order chi connectivity index (χ0) is 27.7. The molecule has 0 radical (unpaired) electrons. The number of nitrogens with zero attached hydrogens (tertiary/aromatic N) is 1. The summed E-state index contributed by atoms with van der Waals surface area (Å²) in [4.78, 5) is 13.3. The van der Waals surface area contributed by atoms with Crippen LogP contribution in [0.3, 0.4) is 0 Å². The average molecular weight is 547 g/mol. The molecule has 2 rings (SSSR count). The molecule has 0 bridgehead atoms. The van der Waals surface area contributed by atoms with E-state index in [2.05, 4.69) is 71.1 Å². The molecule has 1 aromatic carbocycles. The number of carbonyl (C=O) groups is 1. The Morgan fingerprint density at radius 3 is 1.97 bits per heavy atom. The molecule has 1 N–H and O–H groups in total. The minimum Gasteiger partial charge on any atom is -0.493 e. The number of nitriles is 1. The third kappa shape index (κ3) is 6.98. The van der Waals surface area contributed by atoms with Gasteiger partial charge in [-0.15, -0.1) is 0 Å². The molecule has 0 heterocycles. The maximum Gasteiger partial charge on any atom is 0.345 e. The highest BCUT2D eigenvalue weighted by Gasteiger charge is 2.43. The Morgan fingerprint density at radius 1 is 1.03 bits per heavy atom. The van der Waals surface area contributed by atoms with Crippen LogP contribution in [0.4, 0.5) is 0 Å². The van der Waals surface area contributed by atoms with Crippen molar-refractivity contribution in [3.05, 3.63) is 40.6 Å². The lowest BCUT2D eigenvalue weighted by Gasteiger charge is -2.39. The van der Waals surface area contributed by atoms with E-state index in [0.29, 0.717) is 23.5 Å². The fraction of sp³-hybridized carbons (Fsp3) is 0.538. The van der Waals surface area contributed by atoms with Gasteiger partial charge < -0.3 is 23.0 Å². The number of carbonyl (C=O) groups excluding carboxylic acids is 1. The van der Waals surface area contributed by atoms with E-state index in [-0.39, 0.29) is 17.5 Å². The summed E-state index contributed by atoms with van der Waals surface area (Å²) < 4.78 is 24.0. The molecule has 0 aromatic heterocycles. The second-order valence-electron chi connectivity index (χ2n) is 11.9. The Labute approximate surface area is 220 Å². The van der Waals surface area contributed by atoms with Crippen LogP contribution in [0, 0.1) is 11.3 Å². The number of methoxy groups -OCH3 is 2. The molecule has 7 nitrogen and oxygen atoms in total.